The maximum absolute atomic E-state index is 12.2. The average molecular weight is 436 g/mol. The third-order valence-electron chi connectivity index (χ3n) is 4.61. The number of nitrogens with zero attached hydrogens (tertiary/aromatic N) is 4. The van der Waals surface area contributed by atoms with Crippen molar-refractivity contribution in [1.82, 2.24) is 19.6 Å². The Balaban J connectivity index is 1.78. The normalized spacial score (nSPS) is 11.5. The van der Waals surface area contributed by atoms with Crippen molar-refractivity contribution in [2.75, 3.05) is 18.2 Å². The van der Waals surface area contributed by atoms with E-state index in [0.717, 1.165) is 11.1 Å². The van der Waals surface area contributed by atoms with Crippen molar-refractivity contribution < 1.29 is 18.7 Å². The highest BCUT2D eigenvalue weighted by molar-refractivity contribution is 5.93. The average Bonchev–Trinajstić information content (AvgIpc) is 3.31. The van der Waals surface area contributed by atoms with E-state index in [1.54, 1.807) is 50.6 Å². The topological polar surface area (TPSA) is 130 Å². The fraction of sp³-hybridized carbons (Fsp3) is 0.273. The van der Waals surface area contributed by atoms with Crippen LogP contribution >= 0.6 is 0 Å². The predicted octanol–water partition coefficient (Wildman–Crippen LogP) is 4.30. The second kappa shape index (κ2) is 7.88. The largest absolute Gasteiger partial charge is 0.495 e. The number of hydrogen-bond acceptors (Lipinski definition) is 8. The number of fused-ring (bicyclic) bond motifs is 1. The van der Waals surface area contributed by atoms with Crippen LogP contribution < -0.4 is 15.8 Å². The lowest BCUT2D eigenvalue weighted by Gasteiger charge is -2.20. The molecule has 0 bridgehead atoms. The highest BCUT2D eigenvalue weighted by Gasteiger charge is 2.21. The van der Waals surface area contributed by atoms with Gasteiger partial charge in [-0.3, -0.25) is 5.32 Å². The Morgan fingerprint density at radius 2 is 2.03 bits per heavy atom. The van der Waals surface area contributed by atoms with Crippen LogP contribution in [-0.4, -0.2) is 38.4 Å². The first-order valence-electron chi connectivity index (χ1n) is 9.89. The molecule has 0 saturated carbocycles. The molecule has 3 heterocycles. The third kappa shape index (κ3) is 4.07. The summed E-state index contributed by atoms with van der Waals surface area (Å²) in [7, 11) is 1.53. The molecular weight excluding hydrogens is 412 g/mol. The van der Waals surface area contributed by atoms with Gasteiger partial charge < -0.3 is 19.6 Å². The number of nitrogens with two attached hydrogens (primary N) is 1. The van der Waals surface area contributed by atoms with Crippen molar-refractivity contribution in [3.63, 3.8) is 0 Å². The number of aryl methyl sites for hydroxylation is 1. The van der Waals surface area contributed by atoms with Crippen LogP contribution in [0.15, 0.2) is 41.3 Å². The molecular formula is C22H24N6O4. The highest BCUT2D eigenvalue weighted by Crippen LogP contribution is 2.37. The number of nitrogens with one attached hydrogen (secondary N) is 1. The summed E-state index contributed by atoms with van der Waals surface area (Å²) in [5.41, 5.74) is 9.58. The molecule has 4 rings (SSSR count). The van der Waals surface area contributed by atoms with Crippen LogP contribution in [0.5, 0.6) is 5.75 Å². The van der Waals surface area contributed by atoms with E-state index >= 15 is 0 Å². The van der Waals surface area contributed by atoms with Gasteiger partial charge in [-0.15, -0.1) is 0 Å². The SMILES string of the molecule is COc1cc(-c2cc(-c3coc(C)n3)n3ncnc(N)c23)ccc1NC(=O)OC(C)(C)C. The summed E-state index contributed by atoms with van der Waals surface area (Å²) < 4.78 is 17.9. The Morgan fingerprint density at radius 1 is 1.25 bits per heavy atom. The number of anilines is 2. The molecule has 0 saturated heterocycles. The monoisotopic (exact) mass is 436 g/mol. The third-order valence-corrected chi connectivity index (χ3v) is 4.61. The maximum Gasteiger partial charge on any atom is 0.412 e. The first-order chi connectivity index (χ1) is 15.2. The van der Waals surface area contributed by atoms with E-state index in [1.807, 2.05) is 12.1 Å². The van der Waals surface area contributed by atoms with E-state index in [2.05, 4.69) is 20.4 Å². The molecule has 3 N–H and O–H groups in total. The van der Waals surface area contributed by atoms with E-state index < -0.39 is 11.7 Å². The Bertz CT molecular complexity index is 1300. The molecule has 0 atom stereocenters. The molecule has 10 heteroatoms. The molecule has 3 aromatic heterocycles. The van der Waals surface area contributed by atoms with Crippen molar-refractivity contribution >= 4 is 23.1 Å². The van der Waals surface area contributed by atoms with Gasteiger partial charge in [0.1, 0.15) is 35.2 Å². The molecule has 4 aromatic rings. The lowest BCUT2D eigenvalue weighted by Crippen LogP contribution is -2.27. The van der Waals surface area contributed by atoms with Gasteiger partial charge >= 0.3 is 6.09 Å². The number of oxazole rings is 1. The quantitative estimate of drug-likeness (QED) is 0.484. The maximum atomic E-state index is 12.2. The number of benzene rings is 1. The molecule has 0 fully saturated rings. The summed E-state index contributed by atoms with van der Waals surface area (Å²) in [6.07, 6.45) is 2.38. The van der Waals surface area contributed by atoms with Gasteiger partial charge in [0, 0.05) is 12.5 Å². The molecule has 0 aliphatic rings. The van der Waals surface area contributed by atoms with E-state index in [9.17, 15) is 4.79 Å². The highest BCUT2D eigenvalue weighted by atomic mass is 16.6. The zero-order valence-electron chi connectivity index (χ0n) is 18.5. The lowest BCUT2D eigenvalue weighted by atomic mass is 10.1. The summed E-state index contributed by atoms with van der Waals surface area (Å²) in [5.74, 6) is 1.32. The number of carbonyl (C=O) groups is 1. The Kier molecular flexibility index (Phi) is 5.21. The van der Waals surface area contributed by atoms with Crippen molar-refractivity contribution in [3.05, 3.63) is 42.7 Å². The number of nitrogen functional groups attached to an aromatic ring is 1. The van der Waals surface area contributed by atoms with Crippen molar-refractivity contribution in [1.29, 1.82) is 0 Å². The number of carbonyl (C=O) groups excluding carboxylic acids is 1. The van der Waals surface area contributed by atoms with E-state index in [4.69, 9.17) is 19.6 Å². The Labute approximate surface area is 184 Å². The number of rotatable bonds is 4. The summed E-state index contributed by atoms with van der Waals surface area (Å²) in [4.78, 5) is 20.7. The first-order valence-corrected chi connectivity index (χ1v) is 9.89. The standard InChI is InChI=1S/C22H24N6O4/c1-12-26-16(10-31-12)17-9-14(19-20(23)24-11-25-28(17)19)13-6-7-15(18(8-13)30-5)27-21(29)32-22(2,3)4/h6-11H,1-5H3,(H,27,29)(H2,23,24,25). The van der Waals surface area contributed by atoms with Crippen LogP contribution in [0.1, 0.15) is 26.7 Å². The Morgan fingerprint density at radius 3 is 2.69 bits per heavy atom. The van der Waals surface area contributed by atoms with Gasteiger partial charge in [0.05, 0.1) is 18.5 Å². The number of methoxy groups -OCH3 is 1. The molecule has 166 valence electrons. The van der Waals surface area contributed by atoms with Crippen LogP contribution in [0.4, 0.5) is 16.3 Å². The summed E-state index contributed by atoms with van der Waals surface area (Å²) in [6.45, 7) is 7.16. The molecule has 0 unspecified atom stereocenters. The zero-order valence-corrected chi connectivity index (χ0v) is 18.5. The molecule has 0 radical (unpaired) electrons. The van der Waals surface area contributed by atoms with Gasteiger partial charge in [0.15, 0.2) is 11.7 Å². The molecule has 32 heavy (non-hydrogen) atoms. The van der Waals surface area contributed by atoms with Crippen molar-refractivity contribution in [2.24, 2.45) is 0 Å². The predicted molar refractivity (Wildman–Crippen MR) is 119 cm³/mol. The lowest BCUT2D eigenvalue weighted by molar-refractivity contribution is 0.0635. The molecule has 1 aromatic carbocycles. The van der Waals surface area contributed by atoms with Gasteiger partial charge in [-0.1, -0.05) is 6.07 Å². The van der Waals surface area contributed by atoms with Gasteiger partial charge in [0.2, 0.25) is 0 Å². The number of amides is 1. The fourth-order valence-corrected chi connectivity index (χ4v) is 3.33. The van der Waals surface area contributed by atoms with Gasteiger partial charge in [-0.05, 0) is 44.5 Å². The van der Waals surface area contributed by atoms with E-state index in [-0.39, 0.29) is 0 Å². The van der Waals surface area contributed by atoms with Crippen LogP contribution in [0.3, 0.4) is 0 Å². The van der Waals surface area contributed by atoms with E-state index in [1.165, 1.54) is 13.4 Å². The number of hydrogen-bond donors (Lipinski definition) is 2. The second-order valence-corrected chi connectivity index (χ2v) is 8.14. The summed E-state index contributed by atoms with van der Waals surface area (Å²) in [6, 6.07) is 7.29. The van der Waals surface area contributed by atoms with Crippen LogP contribution in [0.2, 0.25) is 0 Å². The molecule has 10 nitrogen and oxygen atoms in total. The minimum Gasteiger partial charge on any atom is -0.495 e. The number of ether oxygens (including phenoxy) is 2. The second-order valence-electron chi connectivity index (χ2n) is 8.14. The zero-order chi connectivity index (χ0) is 23.0. The van der Waals surface area contributed by atoms with Crippen LogP contribution in [-0.2, 0) is 4.74 Å². The van der Waals surface area contributed by atoms with Crippen LogP contribution in [0, 0.1) is 6.92 Å². The minimum absolute atomic E-state index is 0.316. The Hall–Kier alpha value is -4.08. The fourth-order valence-electron chi connectivity index (χ4n) is 3.33. The first kappa shape index (κ1) is 21.2. The van der Waals surface area contributed by atoms with Gasteiger partial charge in [0.25, 0.3) is 0 Å². The smallest absolute Gasteiger partial charge is 0.412 e. The van der Waals surface area contributed by atoms with E-state index in [0.29, 0.717) is 40.1 Å². The summed E-state index contributed by atoms with van der Waals surface area (Å²) >= 11 is 0. The summed E-state index contributed by atoms with van der Waals surface area (Å²) in [5, 5.41) is 7.06. The van der Waals surface area contributed by atoms with Crippen molar-refractivity contribution in [2.45, 2.75) is 33.3 Å². The van der Waals surface area contributed by atoms with Crippen LogP contribution in [0.25, 0.3) is 28.0 Å². The van der Waals surface area contributed by atoms with Gasteiger partial charge in [-0.25, -0.2) is 19.3 Å². The minimum atomic E-state index is -0.615. The number of aromatic nitrogens is 4. The molecule has 0 aliphatic carbocycles. The molecule has 1 amide bonds. The van der Waals surface area contributed by atoms with Gasteiger partial charge in [-0.2, -0.15) is 5.10 Å². The molecule has 0 aliphatic heterocycles. The van der Waals surface area contributed by atoms with Crippen molar-refractivity contribution in [3.8, 4) is 28.3 Å². The molecule has 0 spiro atoms.